The van der Waals surface area contributed by atoms with Gasteiger partial charge < -0.3 is 0 Å². The van der Waals surface area contributed by atoms with E-state index in [1.54, 1.807) is 15.3 Å². The van der Waals surface area contributed by atoms with Gasteiger partial charge in [0.05, 0.1) is 6.20 Å². The molecule has 2 heterocycles. The van der Waals surface area contributed by atoms with E-state index in [1.807, 2.05) is 18.2 Å². The first kappa shape index (κ1) is 9.27. The molecule has 0 saturated carbocycles. The summed E-state index contributed by atoms with van der Waals surface area (Å²) in [4.78, 5) is 11.7. The van der Waals surface area contributed by atoms with Gasteiger partial charge in [0.25, 0.3) is 5.65 Å². The van der Waals surface area contributed by atoms with Crippen molar-refractivity contribution < 1.29 is 4.40 Å². The molecule has 0 amide bonds. The Hall–Kier alpha value is -1.29. The SMILES string of the molecule is O=c1n(CCCCl)[nH]c2cccc[n+]12. The summed E-state index contributed by atoms with van der Waals surface area (Å²) >= 11 is 5.57. The van der Waals surface area contributed by atoms with E-state index in [9.17, 15) is 4.79 Å². The van der Waals surface area contributed by atoms with Gasteiger partial charge in [-0.3, -0.25) is 0 Å². The van der Waals surface area contributed by atoms with Crippen molar-refractivity contribution in [1.82, 2.24) is 9.78 Å². The minimum absolute atomic E-state index is 0.0503. The number of H-pyrrole nitrogens is 1. The van der Waals surface area contributed by atoms with Gasteiger partial charge in [-0.05, 0) is 12.5 Å². The Kier molecular flexibility index (Phi) is 2.54. The van der Waals surface area contributed by atoms with Gasteiger partial charge in [-0.25, -0.2) is 4.79 Å². The molecule has 0 atom stereocenters. The second kappa shape index (κ2) is 3.84. The van der Waals surface area contributed by atoms with Gasteiger partial charge in [0.1, 0.15) is 6.54 Å². The third-order valence-electron chi connectivity index (χ3n) is 2.06. The average Bonchev–Trinajstić information content (AvgIpc) is 2.54. The van der Waals surface area contributed by atoms with Gasteiger partial charge in [0.2, 0.25) is 0 Å². The Balaban J connectivity index is 2.47. The molecule has 5 heteroatoms. The van der Waals surface area contributed by atoms with E-state index in [2.05, 4.69) is 5.10 Å². The van der Waals surface area contributed by atoms with Crippen LogP contribution in [0.25, 0.3) is 5.65 Å². The Labute approximate surface area is 85.7 Å². The number of aryl methyl sites for hydroxylation is 1. The van der Waals surface area contributed by atoms with Gasteiger partial charge in [0.15, 0.2) is 0 Å². The van der Waals surface area contributed by atoms with E-state index in [4.69, 9.17) is 11.6 Å². The van der Waals surface area contributed by atoms with Crippen molar-refractivity contribution in [3.05, 3.63) is 34.9 Å². The molecule has 1 N–H and O–H groups in total. The number of fused-ring (bicyclic) bond motifs is 1. The fraction of sp³-hybridized carbons (Fsp3) is 0.333. The van der Waals surface area contributed by atoms with Crippen LogP contribution in [0.2, 0.25) is 0 Å². The highest BCUT2D eigenvalue weighted by molar-refractivity contribution is 6.17. The van der Waals surface area contributed by atoms with Crippen molar-refractivity contribution >= 4 is 17.2 Å². The summed E-state index contributed by atoms with van der Waals surface area (Å²) in [5.74, 6) is 0.562. The molecule has 2 rings (SSSR count). The zero-order valence-corrected chi connectivity index (χ0v) is 8.37. The lowest BCUT2D eigenvalue weighted by Crippen LogP contribution is -2.40. The number of halogens is 1. The monoisotopic (exact) mass is 212 g/mol. The maximum absolute atomic E-state index is 11.7. The highest BCUT2D eigenvalue weighted by atomic mass is 35.5. The molecule has 14 heavy (non-hydrogen) atoms. The summed E-state index contributed by atoms with van der Waals surface area (Å²) in [6.07, 6.45) is 2.53. The molecule has 0 aliphatic rings. The van der Waals surface area contributed by atoms with E-state index in [0.717, 1.165) is 12.1 Å². The van der Waals surface area contributed by atoms with Crippen LogP contribution in [-0.2, 0) is 6.54 Å². The predicted octanol–water partition coefficient (Wildman–Crippen LogP) is 0.544. The van der Waals surface area contributed by atoms with Crippen LogP contribution in [0.3, 0.4) is 0 Å². The van der Waals surface area contributed by atoms with Gasteiger partial charge in [-0.1, -0.05) is 6.07 Å². The van der Waals surface area contributed by atoms with E-state index in [1.165, 1.54) is 0 Å². The number of alkyl halides is 1. The lowest BCUT2D eigenvalue weighted by Gasteiger charge is -1.87. The average molecular weight is 213 g/mol. The highest BCUT2D eigenvalue weighted by Crippen LogP contribution is 1.90. The van der Waals surface area contributed by atoms with E-state index < -0.39 is 0 Å². The maximum Gasteiger partial charge on any atom is 0.476 e. The van der Waals surface area contributed by atoms with E-state index in [0.29, 0.717) is 12.4 Å². The second-order valence-electron chi connectivity index (χ2n) is 3.04. The van der Waals surface area contributed by atoms with Crippen LogP contribution in [0.1, 0.15) is 6.42 Å². The van der Waals surface area contributed by atoms with Gasteiger partial charge in [0, 0.05) is 11.9 Å². The maximum atomic E-state index is 11.7. The third-order valence-corrected chi connectivity index (χ3v) is 2.33. The fourth-order valence-corrected chi connectivity index (χ4v) is 1.51. The Morgan fingerprint density at radius 2 is 2.36 bits per heavy atom. The quantitative estimate of drug-likeness (QED) is 0.586. The molecule has 0 bridgehead atoms. The number of pyridine rings is 1. The van der Waals surface area contributed by atoms with Crippen LogP contribution in [0.5, 0.6) is 0 Å². The summed E-state index contributed by atoms with van der Waals surface area (Å²) in [5.41, 5.74) is 0.748. The van der Waals surface area contributed by atoms with Crippen molar-refractivity contribution in [2.75, 3.05) is 5.88 Å². The third kappa shape index (κ3) is 1.53. The molecule has 0 saturated heterocycles. The van der Waals surface area contributed by atoms with Gasteiger partial charge in [-0.2, -0.15) is 9.50 Å². The molecule has 4 nitrogen and oxygen atoms in total. The number of aromatic amines is 1. The Morgan fingerprint density at radius 1 is 1.50 bits per heavy atom. The fourth-order valence-electron chi connectivity index (χ4n) is 1.39. The molecule has 0 spiro atoms. The van der Waals surface area contributed by atoms with Crippen LogP contribution < -0.4 is 10.1 Å². The van der Waals surface area contributed by atoms with Crippen molar-refractivity contribution in [3.8, 4) is 0 Å². The van der Waals surface area contributed by atoms with E-state index in [-0.39, 0.29) is 5.69 Å². The highest BCUT2D eigenvalue weighted by Gasteiger charge is 2.11. The molecule has 2 aromatic rings. The normalized spacial score (nSPS) is 10.9. The minimum Gasteiger partial charge on any atom is -0.209 e. The molecule has 74 valence electrons. The number of nitrogens with one attached hydrogen (secondary N) is 1. The molecular weight excluding hydrogens is 202 g/mol. The summed E-state index contributed by atoms with van der Waals surface area (Å²) < 4.78 is 3.14. The molecule has 0 aliphatic heterocycles. The van der Waals surface area contributed by atoms with Crippen LogP contribution in [0.4, 0.5) is 0 Å². The molecule has 0 aliphatic carbocycles. The number of nitrogens with zero attached hydrogens (tertiary/aromatic N) is 2. The predicted molar refractivity (Wildman–Crippen MR) is 53.5 cm³/mol. The van der Waals surface area contributed by atoms with Crippen LogP contribution in [0.15, 0.2) is 29.2 Å². The van der Waals surface area contributed by atoms with Gasteiger partial charge >= 0.3 is 5.69 Å². The standard InChI is InChI=1S/C9H10ClN3O/c10-5-3-7-13-9(14)12-6-2-1-4-8(12)11-13/h1-2,4,6H,3,5,7H2/p+1. The van der Waals surface area contributed by atoms with Crippen molar-refractivity contribution in [3.63, 3.8) is 0 Å². The number of hydrogen-bond acceptors (Lipinski definition) is 1. The molecule has 0 unspecified atom stereocenters. The van der Waals surface area contributed by atoms with Crippen LogP contribution >= 0.6 is 11.6 Å². The molecule has 0 fully saturated rings. The Bertz CT molecular complexity index is 488. The van der Waals surface area contributed by atoms with E-state index >= 15 is 0 Å². The second-order valence-corrected chi connectivity index (χ2v) is 3.42. The first-order valence-corrected chi connectivity index (χ1v) is 5.01. The largest absolute Gasteiger partial charge is 0.476 e. The molecule has 0 aromatic carbocycles. The Morgan fingerprint density at radius 3 is 3.07 bits per heavy atom. The molecule has 0 radical (unpaired) electrons. The smallest absolute Gasteiger partial charge is 0.209 e. The number of rotatable bonds is 3. The van der Waals surface area contributed by atoms with Crippen LogP contribution in [-0.4, -0.2) is 15.7 Å². The lowest BCUT2D eigenvalue weighted by molar-refractivity contribution is -0.530. The first-order valence-electron chi connectivity index (χ1n) is 4.48. The van der Waals surface area contributed by atoms with Crippen LogP contribution in [0, 0.1) is 0 Å². The summed E-state index contributed by atoms with van der Waals surface area (Å²) in [6.45, 7) is 0.629. The lowest BCUT2D eigenvalue weighted by atomic mass is 10.5. The van der Waals surface area contributed by atoms with Gasteiger partial charge in [-0.15, -0.1) is 16.3 Å². The summed E-state index contributed by atoms with van der Waals surface area (Å²) in [5, 5.41) is 3.01. The van der Waals surface area contributed by atoms with Crippen molar-refractivity contribution in [2.45, 2.75) is 13.0 Å². The minimum atomic E-state index is -0.0503. The zero-order valence-electron chi connectivity index (χ0n) is 7.61. The first-order chi connectivity index (χ1) is 6.83. The van der Waals surface area contributed by atoms with Crippen molar-refractivity contribution in [2.24, 2.45) is 0 Å². The number of aromatic nitrogens is 3. The summed E-state index contributed by atoms with van der Waals surface area (Å²) in [7, 11) is 0. The summed E-state index contributed by atoms with van der Waals surface area (Å²) in [6, 6.07) is 5.57. The van der Waals surface area contributed by atoms with Crippen molar-refractivity contribution in [1.29, 1.82) is 0 Å². The number of hydrogen-bond donors (Lipinski definition) is 1. The molecular formula is C9H11ClN3O+. The molecule has 2 aromatic heterocycles. The topological polar surface area (TPSA) is 41.9 Å². The zero-order chi connectivity index (χ0) is 9.97.